The summed E-state index contributed by atoms with van der Waals surface area (Å²) in [6, 6.07) is 16.8. The number of rotatable bonds is 5. The van der Waals surface area contributed by atoms with Crippen molar-refractivity contribution >= 4 is 23.7 Å². The number of hydrogen-bond acceptors (Lipinski definition) is 3. The Morgan fingerprint density at radius 2 is 1.54 bits per heavy atom. The van der Waals surface area contributed by atoms with Crippen LogP contribution in [0.2, 0.25) is 0 Å². The van der Waals surface area contributed by atoms with Gasteiger partial charge in [-0.15, -0.1) is 0 Å². The van der Waals surface area contributed by atoms with Crippen LogP contribution in [0.4, 0.5) is 5.69 Å². The Balaban J connectivity index is 0.000000765. The third-order valence-corrected chi connectivity index (χ3v) is 2.94. The fourth-order valence-corrected chi connectivity index (χ4v) is 1.81. The molecule has 2 amide bonds. The first-order valence-corrected chi connectivity index (χ1v) is 8.61. The van der Waals surface area contributed by atoms with E-state index < -0.39 is 5.91 Å². The van der Waals surface area contributed by atoms with E-state index in [0.29, 0.717) is 5.69 Å². The van der Waals surface area contributed by atoms with Crippen LogP contribution in [0.25, 0.3) is 0 Å². The summed E-state index contributed by atoms with van der Waals surface area (Å²) < 4.78 is 0. The summed E-state index contributed by atoms with van der Waals surface area (Å²) in [6.07, 6.45) is 1.25. The molecule has 0 saturated carbocycles. The molecule has 0 aliphatic rings. The topological polar surface area (TPSA) is 70.6 Å². The number of para-hydroxylation sites is 1. The van der Waals surface area contributed by atoms with E-state index in [9.17, 15) is 9.59 Å². The highest BCUT2D eigenvalue weighted by Crippen LogP contribution is 2.13. The molecule has 0 saturated heterocycles. The van der Waals surface area contributed by atoms with Crippen LogP contribution in [0.3, 0.4) is 0 Å². The number of hydrazone groups is 1. The summed E-state index contributed by atoms with van der Waals surface area (Å²) in [7, 11) is 0. The molecule has 0 aliphatic heterocycles. The van der Waals surface area contributed by atoms with Crippen LogP contribution in [0.15, 0.2) is 59.7 Å². The highest BCUT2D eigenvalue weighted by atomic mass is 16.2. The second-order valence-corrected chi connectivity index (χ2v) is 6.48. The van der Waals surface area contributed by atoms with Gasteiger partial charge in [-0.3, -0.25) is 9.59 Å². The summed E-state index contributed by atoms with van der Waals surface area (Å²) in [5.41, 5.74) is 4.84. The van der Waals surface area contributed by atoms with Gasteiger partial charge in [0, 0.05) is 5.69 Å². The van der Waals surface area contributed by atoms with Gasteiger partial charge in [-0.25, -0.2) is 5.43 Å². The zero-order valence-corrected chi connectivity index (χ0v) is 15.8. The van der Waals surface area contributed by atoms with Crippen LogP contribution >= 0.6 is 0 Å². The van der Waals surface area contributed by atoms with Crippen LogP contribution in [0, 0.1) is 12.8 Å². The van der Waals surface area contributed by atoms with Gasteiger partial charge in [0.1, 0.15) is 6.42 Å². The average molecular weight is 353 g/mol. The number of hydrogen-bond donors (Lipinski definition) is 2. The maximum atomic E-state index is 11.8. The fourth-order valence-electron chi connectivity index (χ4n) is 1.81. The van der Waals surface area contributed by atoms with Crippen molar-refractivity contribution in [2.45, 2.75) is 34.1 Å². The van der Waals surface area contributed by atoms with Crippen molar-refractivity contribution in [2.75, 3.05) is 5.32 Å². The molecule has 0 aromatic heterocycles. The Bertz CT molecular complexity index is 722. The molecule has 0 spiro atoms. The van der Waals surface area contributed by atoms with Crippen LogP contribution < -0.4 is 10.7 Å². The van der Waals surface area contributed by atoms with Crippen LogP contribution in [-0.2, 0) is 9.59 Å². The second-order valence-electron chi connectivity index (χ2n) is 6.48. The Hall–Kier alpha value is -2.95. The molecule has 5 heteroatoms. The molecule has 2 aromatic rings. The Morgan fingerprint density at radius 3 is 2.15 bits per heavy atom. The molecule has 2 rings (SSSR count). The zero-order valence-electron chi connectivity index (χ0n) is 15.8. The van der Waals surface area contributed by atoms with Gasteiger partial charge in [-0.05, 0) is 30.0 Å². The molecule has 2 aromatic carbocycles. The lowest BCUT2D eigenvalue weighted by molar-refractivity contribution is -0.126. The quantitative estimate of drug-likeness (QED) is 0.482. The van der Waals surface area contributed by atoms with Gasteiger partial charge < -0.3 is 5.32 Å². The second kappa shape index (κ2) is 11.6. The molecule has 2 N–H and O–H groups in total. The van der Waals surface area contributed by atoms with Crippen molar-refractivity contribution in [1.82, 2.24) is 5.43 Å². The van der Waals surface area contributed by atoms with Gasteiger partial charge in [-0.2, -0.15) is 5.10 Å². The molecule has 0 aliphatic carbocycles. The lowest BCUT2D eigenvalue weighted by Gasteiger charge is -2.07. The third-order valence-electron chi connectivity index (χ3n) is 2.94. The Labute approximate surface area is 155 Å². The Morgan fingerprint density at radius 1 is 0.962 bits per heavy atom. The molecule has 0 bridgehead atoms. The summed E-state index contributed by atoms with van der Waals surface area (Å²) >= 11 is 0. The standard InChI is InChI=1S/C17H17N3O2.C4H10/c1-13-7-5-6-10-15(13)19-16(21)11-17(22)20-18-12-14-8-3-2-4-9-14;1-4(2)3/h2-10,12H,11H2,1H3,(H,19,21)(H,20,22);4H,1-3H3/b18-12+;. The minimum absolute atomic E-state index is 0.277. The smallest absolute Gasteiger partial charge is 0.249 e. The zero-order chi connectivity index (χ0) is 19.4. The summed E-state index contributed by atoms with van der Waals surface area (Å²) in [6.45, 7) is 8.39. The van der Waals surface area contributed by atoms with Crippen LogP contribution in [0.1, 0.15) is 38.3 Å². The van der Waals surface area contributed by atoms with Gasteiger partial charge in [0.25, 0.3) is 0 Å². The number of carbonyl (C=O) groups excluding carboxylic acids is 2. The van der Waals surface area contributed by atoms with Crippen molar-refractivity contribution in [1.29, 1.82) is 0 Å². The molecular formula is C21H27N3O2. The van der Waals surface area contributed by atoms with E-state index in [-0.39, 0.29) is 12.3 Å². The van der Waals surface area contributed by atoms with Crippen LogP contribution in [0.5, 0.6) is 0 Å². The van der Waals surface area contributed by atoms with Crippen molar-refractivity contribution in [2.24, 2.45) is 11.0 Å². The number of nitrogens with zero attached hydrogens (tertiary/aromatic N) is 1. The normalized spacial score (nSPS) is 10.2. The minimum Gasteiger partial charge on any atom is -0.325 e. The molecule has 26 heavy (non-hydrogen) atoms. The first kappa shape index (κ1) is 21.1. The number of aryl methyl sites for hydroxylation is 1. The van der Waals surface area contributed by atoms with Crippen molar-refractivity contribution in [3.05, 3.63) is 65.7 Å². The highest BCUT2D eigenvalue weighted by molar-refractivity contribution is 6.03. The maximum absolute atomic E-state index is 11.8. The SMILES string of the molecule is CC(C)C.Cc1ccccc1NC(=O)CC(=O)N/N=C/c1ccccc1. The largest absolute Gasteiger partial charge is 0.325 e. The van der Waals surface area contributed by atoms with E-state index in [4.69, 9.17) is 0 Å². The van der Waals surface area contributed by atoms with E-state index in [1.807, 2.05) is 55.5 Å². The number of amides is 2. The number of anilines is 1. The maximum Gasteiger partial charge on any atom is 0.249 e. The molecular weight excluding hydrogens is 326 g/mol. The van der Waals surface area contributed by atoms with E-state index in [2.05, 4.69) is 36.6 Å². The summed E-state index contributed by atoms with van der Waals surface area (Å²) in [4.78, 5) is 23.4. The van der Waals surface area contributed by atoms with Crippen molar-refractivity contribution in [3.63, 3.8) is 0 Å². The van der Waals surface area contributed by atoms with Gasteiger partial charge in [0.2, 0.25) is 11.8 Å². The molecule has 0 atom stereocenters. The third kappa shape index (κ3) is 9.37. The van der Waals surface area contributed by atoms with Crippen molar-refractivity contribution < 1.29 is 9.59 Å². The van der Waals surface area contributed by atoms with Gasteiger partial charge in [0.15, 0.2) is 0 Å². The van der Waals surface area contributed by atoms with Crippen molar-refractivity contribution in [3.8, 4) is 0 Å². The molecule has 138 valence electrons. The predicted molar refractivity (Wildman–Crippen MR) is 107 cm³/mol. The number of nitrogens with one attached hydrogen (secondary N) is 2. The molecule has 0 fully saturated rings. The molecule has 0 unspecified atom stereocenters. The number of benzene rings is 2. The average Bonchev–Trinajstić information content (AvgIpc) is 2.57. The van der Waals surface area contributed by atoms with Gasteiger partial charge in [0.05, 0.1) is 6.21 Å². The highest BCUT2D eigenvalue weighted by Gasteiger charge is 2.09. The monoisotopic (exact) mass is 353 g/mol. The molecule has 5 nitrogen and oxygen atoms in total. The lowest BCUT2D eigenvalue weighted by atomic mass is 10.2. The van der Waals surface area contributed by atoms with E-state index in [1.165, 1.54) is 6.21 Å². The van der Waals surface area contributed by atoms with Gasteiger partial charge >= 0.3 is 0 Å². The predicted octanol–water partition coefficient (Wildman–Crippen LogP) is 4.14. The van der Waals surface area contributed by atoms with E-state index in [1.54, 1.807) is 6.07 Å². The first-order valence-electron chi connectivity index (χ1n) is 8.61. The lowest BCUT2D eigenvalue weighted by Crippen LogP contribution is -2.24. The first-order chi connectivity index (χ1) is 12.4. The summed E-state index contributed by atoms with van der Waals surface area (Å²) in [5, 5.41) is 6.51. The molecule has 0 heterocycles. The molecule has 0 radical (unpaired) electrons. The fraction of sp³-hybridized carbons (Fsp3) is 0.286. The van der Waals surface area contributed by atoms with E-state index >= 15 is 0 Å². The minimum atomic E-state index is -0.460. The summed E-state index contributed by atoms with van der Waals surface area (Å²) in [5.74, 6) is -0.0000218. The van der Waals surface area contributed by atoms with Gasteiger partial charge in [-0.1, -0.05) is 69.3 Å². The van der Waals surface area contributed by atoms with Crippen LogP contribution in [-0.4, -0.2) is 18.0 Å². The Kier molecular flexibility index (Phi) is 9.39. The number of carbonyl (C=O) groups is 2. The van der Waals surface area contributed by atoms with E-state index in [0.717, 1.165) is 17.0 Å².